The van der Waals surface area contributed by atoms with Gasteiger partial charge in [0.05, 0.1) is 0 Å². The lowest BCUT2D eigenvalue weighted by atomic mass is 9.88. The Morgan fingerprint density at radius 1 is 1.05 bits per heavy atom. The van der Waals surface area contributed by atoms with Gasteiger partial charge in [0.1, 0.15) is 11.9 Å². The van der Waals surface area contributed by atoms with E-state index in [9.17, 15) is 0 Å². The first-order chi connectivity index (χ1) is 10.2. The number of ether oxygens (including phenoxy) is 1. The number of benzene rings is 2. The van der Waals surface area contributed by atoms with Crippen LogP contribution in [0.1, 0.15) is 17.9 Å². The van der Waals surface area contributed by atoms with E-state index in [0.717, 1.165) is 30.3 Å². The number of piperidine rings is 1. The average Bonchev–Trinajstić information content (AvgIpc) is 2.52. The summed E-state index contributed by atoms with van der Waals surface area (Å²) in [5.41, 5.74) is 1.35. The van der Waals surface area contributed by atoms with Crippen molar-refractivity contribution in [2.75, 3.05) is 20.1 Å². The predicted octanol–water partition coefficient (Wildman–Crippen LogP) is 4.21. The summed E-state index contributed by atoms with van der Waals surface area (Å²) in [5, 5.41) is 0.741. The molecule has 0 amide bonds. The molecule has 0 aromatic heterocycles. The normalized spacial score (nSPS) is 23.0. The van der Waals surface area contributed by atoms with Crippen LogP contribution < -0.4 is 4.74 Å². The Bertz CT molecular complexity index is 570. The van der Waals surface area contributed by atoms with Crippen molar-refractivity contribution in [1.29, 1.82) is 0 Å². The number of hydrogen-bond acceptors (Lipinski definition) is 2. The average molecular weight is 302 g/mol. The van der Waals surface area contributed by atoms with Gasteiger partial charge in [-0.15, -0.1) is 0 Å². The third kappa shape index (κ3) is 3.58. The summed E-state index contributed by atoms with van der Waals surface area (Å²) >= 11 is 5.94. The second-order valence-electron chi connectivity index (χ2n) is 5.68. The fourth-order valence-corrected chi connectivity index (χ4v) is 3.07. The molecule has 0 bridgehead atoms. The molecule has 1 aliphatic rings. The second-order valence-corrected chi connectivity index (χ2v) is 6.11. The van der Waals surface area contributed by atoms with Crippen LogP contribution in [-0.2, 0) is 0 Å². The van der Waals surface area contributed by atoms with Crippen LogP contribution >= 0.6 is 11.6 Å². The molecule has 3 rings (SSSR count). The SMILES string of the molecule is CN1CCC(Oc2ccc(Cl)cc2)C(c2ccccc2)C1. The summed E-state index contributed by atoms with van der Waals surface area (Å²) in [5.74, 6) is 1.30. The Hall–Kier alpha value is -1.51. The van der Waals surface area contributed by atoms with Gasteiger partial charge in [-0.3, -0.25) is 0 Å². The first-order valence-electron chi connectivity index (χ1n) is 7.38. The van der Waals surface area contributed by atoms with Gasteiger partial charge < -0.3 is 9.64 Å². The van der Waals surface area contributed by atoms with E-state index in [4.69, 9.17) is 16.3 Å². The molecule has 2 aromatic carbocycles. The van der Waals surface area contributed by atoms with E-state index in [0.29, 0.717) is 5.92 Å². The van der Waals surface area contributed by atoms with Crippen LogP contribution in [0.25, 0.3) is 0 Å². The Kier molecular flexibility index (Phi) is 4.47. The maximum Gasteiger partial charge on any atom is 0.119 e. The second kappa shape index (κ2) is 6.50. The fraction of sp³-hybridized carbons (Fsp3) is 0.333. The van der Waals surface area contributed by atoms with Gasteiger partial charge in [-0.25, -0.2) is 0 Å². The van der Waals surface area contributed by atoms with Crippen LogP contribution in [0.3, 0.4) is 0 Å². The molecule has 0 radical (unpaired) electrons. The van der Waals surface area contributed by atoms with Gasteiger partial charge in [-0.1, -0.05) is 41.9 Å². The number of nitrogens with zero attached hydrogens (tertiary/aromatic N) is 1. The van der Waals surface area contributed by atoms with Crippen LogP contribution in [-0.4, -0.2) is 31.1 Å². The molecule has 3 heteroatoms. The van der Waals surface area contributed by atoms with Crippen LogP contribution in [0.4, 0.5) is 0 Å². The van der Waals surface area contributed by atoms with Crippen molar-refractivity contribution in [3.8, 4) is 5.75 Å². The third-order valence-corrected chi connectivity index (χ3v) is 4.33. The van der Waals surface area contributed by atoms with Crippen LogP contribution in [0.5, 0.6) is 5.75 Å². The number of hydrogen-bond donors (Lipinski definition) is 0. The topological polar surface area (TPSA) is 12.5 Å². The molecule has 1 aliphatic heterocycles. The maximum absolute atomic E-state index is 6.24. The van der Waals surface area contributed by atoms with Crippen molar-refractivity contribution < 1.29 is 4.74 Å². The minimum Gasteiger partial charge on any atom is -0.490 e. The molecular weight excluding hydrogens is 282 g/mol. The van der Waals surface area contributed by atoms with E-state index in [1.165, 1.54) is 5.56 Å². The standard InChI is InChI=1S/C18H20ClNO/c1-20-12-11-18(21-16-9-7-15(19)8-10-16)17(13-20)14-5-3-2-4-6-14/h2-10,17-18H,11-13H2,1H3. The third-order valence-electron chi connectivity index (χ3n) is 4.08. The first-order valence-corrected chi connectivity index (χ1v) is 7.76. The largest absolute Gasteiger partial charge is 0.490 e. The van der Waals surface area contributed by atoms with Crippen molar-refractivity contribution in [2.24, 2.45) is 0 Å². The molecule has 2 atom stereocenters. The van der Waals surface area contributed by atoms with E-state index in [2.05, 4.69) is 42.3 Å². The highest BCUT2D eigenvalue weighted by Gasteiger charge is 2.30. The molecule has 2 nitrogen and oxygen atoms in total. The quantitative estimate of drug-likeness (QED) is 0.842. The van der Waals surface area contributed by atoms with Gasteiger partial charge in [0, 0.05) is 24.0 Å². The smallest absolute Gasteiger partial charge is 0.119 e. The summed E-state index contributed by atoms with van der Waals surface area (Å²) in [6, 6.07) is 18.3. The molecule has 0 N–H and O–H groups in total. The number of rotatable bonds is 3. The van der Waals surface area contributed by atoms with Gasteiger partial charge in [0.25, 0.3) is 0 Å². The maximum atomic E-state index is 6.24. The molecule has 2 aromatic rings. The highest BCUT2D eigenvalue weighted by atomic mass is 35.5. The molecular formula is C18H20ClNO. The lowest BCUT2D eigenvalue weighted by molar-refractivity contribution is 0.0902. The molecule has 110 valence electrons. The summed E-state index contributed by atoms with van der Waals surface area (Å²) < 4.78 is 6.24. The van der Waals surface area contributed by atoms with Crippen LogP contribution in [0.15, 0.2) is 54.6 Å². The molecule has 0 aliphatic carbocycles. The van der Waals surface area contributed by atoms with Crippen molar-refractivity contribution in [1.82, 2.24) is 4.90 Å². The van der Waals surface area contributed by atoms with E-state index in [1.54, 1.807) is 0 Å². The molecule has 1 saturated heterocycles. The number of likely N-dealkylation sites (tertiary alicyclic amines) is 1. The van der Waals surface area contributed by atoms with E-state index in [1.807, 2.05) is 24.3 Å². The molecule has 2 unspecified atom stereocenters. The van der Waals surface area contributed by atoms with Gasteiger partial charge >= 0.3 is 0 Å². The van der Waals surface area contributed by atoms with Gasteiger partial charge in [0.15, 0.2) is 0 Å². The molecule has 1 heterocycles. The van der Waals surface area contributed by atoms with Crippen molar-refractivity contribution in [3.63, 3.8) is 0 Å². The van der Waals surface area contributed by atoms with Crippen molar-refractivity contribution >= 4 is 11.6 Å². The molecule has 1 fully saturated rings. The van der Waals surface area contributed by atoms with E-state index in [-0.39, 0.29) is 6.10 Å². The lowest BCUT2D eigenvalue weighted by Crippen LogP contribution is -2.42. The van der Waals surface area contributed by atoms with E-state index >= 15 is 0 Å². The minimum absolute atomic E-state index is 0.213. The lowest BCUT2D eigenvalue weighted by Gasteiger charge is -2.37. The van der Waals surface area contributed by atoms with Gasteiger partial charge in [-0.05, 0) is 43.3 Å². The van der Waals surface area contributed by atoms with E-state index < -0.39 is 0 Å². The summed E-state index contributed by atoms with van der Waals surface area (Å²) in [6.07, 6.45) is 1.25. The van der Waals surface area contributed by atoms with Crippen LogP contribution in [0, 0.1) is 0 Å². The van der Waals surface area contributed by atoms with Gasteiger partial charge in [0.2, 0.25) is 0 Å². The Balaban J connectivity index is 1.79. The van der Waals surface area contributed by atoms with Crippen LogP contribution in [0.2, 0.25) is 5.02 Å². The van der Waals surface area contributed by atoms with Crippen molar-refractivity contribution in [3.05, 3.63) is 65.2 Å². The first kappa shape index (κ1) is 14.4. The molecule has 0 spiro atoms. The molecule has 21 heavy (non-hydrogen) atoms. The Labute approximate surface area is 131 Å². The summed E-state index contributed by atoms with van der Waals surface area (Å²) in [7, 11) is 2.18. The summed E-state index contributed by atoms with van der Waals surface area (Å²) in [4.78, 5) is 2.37. The zero-order valence-corrected chi connectivity index (χ0v) is 13.0. The highest BCUT2D eigenvalue weighted by Crippen LogP contribution is 2.30. The van der Waals surface area contributed by atoms with Crippen molar-refractivity contribution in [2.45, 2.75) is 18.4 Å². The predicted molar refractivity (Wildman–Crippen MR) is 87.2 cm³/mol. The Morgan fingerprint density at radius 3 is 2.48 bits per heavy atom. The zero-order valence-electron chi connectivity index (χ0n) is 12.2. The zero-order chi connectivity index (χ0) is 14.7. The number of likely N-dealkylation sites (N-methyl/N-ethyl adjacent to an activating group) is 1. The Morgan fingerprint density at radius 2 is 1.76 bits per heavy atom. The van der Waals surface area contributed by atoms with Gasteiger partial charge in [-0.2, -0.15) is 0 Å². The molecule has 0 saturated carbocycles. The highest BCUT2D eigenvalue weighted by molar-refractivity contribution is 6.30. The summed E-state index contributed by atoms with van der Waals surface area (Å²) in [6.45, 7) is 2.10. The monoisotopic (exact) mass is 301 g/mol. The fourth-order valence-electron chi connectivity index (χ4n) is 2.94. The number of halogens is 1. The minimum atomic E-state index is 0.213.